The topological polar surface area (TPSA) is 237 Å². The SMILES string of the molecule is CCC(=O)OC1CCC2C3CCC4=CC(=O)CCC4(C)C3CCC12C.Cc1cc(O)c(C=O)c2c1C(=O)Oc1c(COC(=O)C=CC(=O)O)c(O)c(C(=O)O)c(C)c1O2. The third kappa shape index (κ3) is 7.70. The molecule has 0 aromatic heterocycles. The largest absolute Gasteiger partial charge is 0.507 e. The van der Waals surface area contributed by atoms with Gasteiger partial charge in [0.25, 0.3) is 0 Å². The van der Waals surface area contributed by atoms with E-state index in [1.807, 2.05) is 13.0 Å². The summed E-state index contributed by atoms with van der Waals surface area (Å²) < 4.78 is 21.8. The highest BCUT2D eigenvalue weighted by Gasteiger charge is 2.60. The number of carboxylic acids is 2. The molecule has 7 rings (SSSR count). The number of ether oxygens (including phenoxy) is 4. The van der Waals surface area contributed by atoms with Gasteiger partial charge < -0.3 is 39.4 Å². The molecule has 3 fully saturated rings. The summed E-state index contributed by atoms with van der Waals surface area (Å²) in [6.07, 6.45) is 12.6. The molecule has 0 bridgehead atoms. The van der Waals surface area contributed by atoms with Gasteiger partial charge in [-0.15, -0.1) is 0 Å². The molecule has 3 saturated carbocycles. The number of hydrogen-bond acceptors (Lipinski definition) is 13. The number of aryl methyl sites for hydroxylation is 1. The van der Waals surface area contributed by atoms with Crippen molar-refractivity contribution in [3.8, 4) is 28.7 Å². The summed E-state index contributed by atoms with van der Waals surface area (Å²) in [5.74, 6) is -5.50. The first-order valence-corrected chi connectivity index (χ1v) is 19.7. The number of ketones is 1. The smallest absolute Gasteiger partial charge is 0.347 e. The molecule has 59 heavy (non-hydrogen) atoms. The fourth-order valence-corrected chi connectivity index (χ4v) is 10.3. The molecule has 6 unspecified atom stereocenters. The Hall–Kier alpha value is -5.99. The van der Waals surface area contributed by atoms with Gasteiger partial charge in [0.15, 0.2) is 29.3 Å². The first-order valence-electron chi connectivity index (χ1n) is 19.7. The van der Waals surface area contributed by atoms with Crippen molar-refractivity contribution < 1.29 is 72.9 Å². The maximum atomic E-state index is 12.9. The third-order valence-electron chi connectivity index (χ3n) is 13.3. The maximum absolute atomic E-state index is 12.9. The number of benzene rings is 2. The normalized spacial score (nSPS) is 26.4. The minimum absolute atomic E-state index is 0.0411. The molecule has 4 aliphatic carbocycles. The number of allylic oxidation sites excluding steroid dienone is 1. The molecule has 0 amide bonds. The molecule has 2 aromatic rings. The number of phenolic OH excluding ortho intramolecular Hbond substituents is 1. The summed E-state index contributed by atoms with van der Waals surface area (Å²) in [6, 6.07) is 1.13. The molecule has 314 valence electrons. The molecule has 1 heterocycles. The molecule has 15 heteroatoms. The van der Waals surface area contributed by atoms with E-state index in [2.05, 4.69) is 13.8 Å². The number of hydrogen-bond donors (Lipinski definition) is 4. The van der Waals surface area contributed by atoms with Crippen LogP contribution in [0.3, 0.4) is 0 Å². The lowest BCUT2D eigenvalue weighted by molar-refractivity contribution is -0.159. The van der Waals surface area contributed by atoms with Crippen LogP contribution in [0.2, 0.25) is 0 Å². The summed E-state index contributed by atoms with van der Waals surface area (Å²) in [7, 11) is 0. The first-order chi connectivity index (χ1) is 27.9. The second kappa shape index (κ2) is 16.3. The summed E-state index contributed by atoms with van der Waals surface area (Å²) in [5, 5.41) is 38.9. The van der Waals surface area contributed by atoms with Crippen LogP contribution in [0, 0.1) is 42.4 Å². The van der Waals surface area contributed by atoms with E-state index < -0.39 is 70.2 Å². The number of aliphatic carboxylic acids is 1. The Bertz CT molecular complexity index is 2210. The van der Waals surface area contributed by atoms with Crippen LogP contribution in [0.15, 0.2) is 29.9 Å². The van der Waals surface area contributed by atoms with Crippen molar-refractivity contribution in [2.45, 2.75) is 105 Å². The maximum Gasteiger partial charge on any atom is 0.347 e. The summed E-state index contributed by atoms with van der Waals surface area (Å²) in [6.45, 7) is 8.52. The van der Waals surface area contributed by atoms with Gasteiger partial charge in [-0.05, 0) is 99.7 Å². The average molecular weight is 817 g/mol. The minimum Gasteiger partial charge on any atom is -0.507 e. The first kappa shape index (κ1) is 42.6. The monoisotopic (exact) mass is 816 g/mol. The molecule has 15 nitrogen and oxygen atoms in total. The van der Waals surface area contributed by atoms with Crippen LogP contribution in [0.5, 0.6) is 28.7 Å². The number of carboxylic acid groups (broad SMARTS) is 2. The number of esters is 3. The molecule has 2 aromatic carbocycles. The van der Waals surface area contributed by atoms with Gasteiger partial charge >= 0.3 is 29.8 Å². The van der Waals surface area contributed by atoms with E-state index in [-0.39, 0.29) is 51.6 Å². The molecule has 0 spiro atoms. The van der Waals surface area contributed by atoms with Gasteiger partial charge in [-0.25, -0.2) is 19.2 Å². The number of phenols is 2. The Morgan fingerprint density at radius 3 is 2.31 bits per heavy atom. The summed E-state index contributed by atoms with van der Waals surface area (Å²) >= 11 is 0. The number of aromatic hydroxyl groups is 2. The van der Waals surface area contributed by atoms with E-state index in [1.54, 1.807) is 0 Å². The van der Waals surface area contributed by atoms with Crippen LogP contribution < -0.4 is 9.47 Å². The Kier molecular flexibility index (Phi) is 11.8. The molecule has 6 atom stereocenters. The summed E-state index contributed by atoms with van der Waals surface area (Å²) in [5.41, 5.74) is 0.0223. The van der Waals surface area contributed by atoms with Gasteiger partial charge in [-0.3, -0.25) is 14.4 Å². The van der Waals surface area contributed by atoms with E-state index >= 15 is 0 Å². The quantitative estimate of drug-likeness (QED) is 0.0902. The zero-order valence-electron chi connectivity index (χ0n) is 33.5. The second-order valence-corrected chi connectivity index (χ2v) is 16.4. The standard InChI is InChI=1S/C22H16O12.C22H32O3/c1-8-5-12(24)10(6-23)19-15(8)22(31)34-20-11(7-32-14(27)4-3-13(25)26)17(28)16(21(29)30)9(2)18(20)33-19;1-4-20(24)25-19-8-7-17-16-6-5-14-13-15(23)9-11-21(14,2)18(16)10-12-22(17,19)3/h3-6,24,28H,7H2,1-2H3,(H,25,26)(H,29,30);13,16-19H,4-12H2,1-3H3. The van der Waals surface area contributed by atoms with Crippen LogP contribution >= 0.6 is 0 Å². The Balaban J connectivity index is 0.000000207. The van der Waals surface area contributed by atoms with Crippen molar-refractivity contribution in [3.05, 3.63) is 63.2 Å². The molecule has 0 saturated heterocycles. The number of aldehydes is 1. The molecular weight excluding hydrogens is 768 g/mol. The minimum atomic E-state index is -1.60. The van der Waals surface area contributed by atoms with Crippen molar-refractivity contribution >= 4 is 41.9 Å². The van der Waals surface area contributed by atoms with E-state index in [9.17, 15) is 48.9 Å². The van der Waals surface area contributed by atoms with Gasteiger partial charge in [-0.2, -0.15) is 0 Å². The van der Waals surface area contributed by atoms with Gasteiger partial charge in [0.2, 0.25) is 0 Å². The van der Waals surface area contributed by atoms with Crippen molar-refractivity contribution in [3.63, 3.8) is 0 Å². The number of carbonyl (C=O) groups excluding carboxylic acids is 5. The van der Waals surface area contributed by atoms with Crippen LogP contribution in [-0.2, 0) is 35.3 Å². The average Bonchev–Trinajstić information content (AvgIpc) is 3.41. The molecule has 1 aliphatic heterocycles. The molecule has 5 aliphatic rings. The highest BCUT2D eigenvalue weighted by molar-refractivity contribution is 6.03. The van der Waals surface area contributed by atoms with Crippen molar-refractivity contribution in [2.75, 3.05) is 0 Å². The van der Waals surface area contributed by atoms with Gasteiger partial charge in [0.05, 0.1) is 11.1 Å². The van der Waals surface area contributed by atoms with Crippen LogP contribution in [-0.4, -0.2) is 68.4 Å². The highest BCUT2D eigenvalue weighted by atomic mass is 16.6. The molecule has 4 N–H and O–H groups in total. The number of rotatable bonds is 8. The Morgan fingerprint density at radius 2 is 1.64 bits per heavy atom. The zero-order valence-corrected chi connectivity index (χ0v) is 33.5. The lowest BCUT2D eigenvalue weighted by Gasteiger charge is -2.57. The van der Waals surface area contributed by atoms with E-state index in [1.165, 1.54) is 38.7 Å². The fourth-order valence-electron chi connectivity index (χ4n) is 10.3. The molecule has 0 radical (unpaired) electrons. The van der Waals surface area contributed by atoms with Crippen LogP contribution in [0.1, 0.15) is 126 Å². The van der Waals surface area contributed by atoms with Crippen molar-refractivity contribution in [2.24, 2.45) is 28.6 Å². The Morgan fingerprint density at radius 1 is 0.915 bits per heavy atom. The zero-order chi connectivity index (χ0) is 43.1. The van der Waals surface area contributed by atoms with Gasteiger partial charge in [0, 0.05) is 36.0 Å². The second-order valence-electron chi connectivity index (χ2n) is 16.4. The van der Waals surface area contributed by atoms with Crippen molar-refractivity contribution in [1.82, 2.24) is 0 Å². The lowest BCUT2D eigenvalue weighted by atomic mass is 9.47. The van der Waals surface area contributed by atoms with Crippen LogP contribution in [0.4, 0.5) is 0 Å². The number of aromatic carboxylic acids is 1. The van der Waals surface area contributed by atoms with Crippen molar-refractivity contribution in [1.29, 1.82) is 0 Å². The van der Waals surface area contributed by atoms with E-state index in [4.69, 9.17) is 24.1 Å². The lowest BCUT2D eigenvalue weighted by Crippen LogP contribution is -2.51. The number of carbonyl (C=O) groups is 7. The third-order valence-corrected chi connectivity index (χ3v) is 13.3. The van der Waals surface area contributed by atoms with Gasteiger partial charge in [-0.1, -0.05) is 26.3 Å². The molecular formula is C44H48O15. The highest BCUT2D eigenvalue weighted by Crippen LogP contribution is 2.65. The van der Waals surface area contributed by atoms with E-state index in [0.717, 1.165) is 44.1 Å². The predicted octanol–water partition coefficient (Wildman–Crippen LogP) is 7.07. The predicted molar refractivity (Wildman–Crippen MR) is 207 cm³/mol. The fraction of sp³-hybridized carbons (Fsp3) is 0.477. The van der Waals surface area contributed by atoms with E-state index in [0.29, 0.717) is 36.2 Å². The van der Waals surface area contributed by atoms with Crippen LogP contribution in [0.25, 0.3) is 0 Å². The van der Waals surface area contributed by atoms with Gasteiger partial charge in [0.1, 0.15) is 35.3 Å². The summed E-state index contributed by atoms with van der Waals surface area (Å²) in [4.78, 5) is 82.4. The number of fused-ring (bicyclic) bond motifs is 7. The Labute approximate surface area is 340 Å².